The molecule has 0 heterocycles. The van der Waals surface area contributed by atoms with Crippen LogP contribution in [0.5, 0.6) is 0 Å². The lowest BCUT2D eigenvalue weighted by atomic mass is 9.82. The second-order valence-electron chi connectivity index (χ2n) is 8.37. The lowest BCUT2D eigenvalue weighted by Crippen LogP contribution is -2.09. The Bertz CT molecular complexity index is 899. The molecule has 0 N–H and O–H groups in total. The van der Waals surface area contributed by atoms with E-state index in [0.717, 1.165) is 51.4 Å². The average molecular weight is 352 g/mol. The molecule has 0 heteroatoms. The summed E-state index contributed by atoms with van der Waals surface area (Å²) >= 11 is 0. The van der Waals surface area contributed by atoms with E-state index in [2.05, 4.69) is 61.5 Å². The predicted octanol–water partition coefficient (Wildman–Crippen LogP) is 6.08. The van der Waals surface area contributed by atoms with Gasteiger partial charge in [0.05, 0.1) is 16.7 Å². The largest absolute Gasteiger partial charge is 0.0772 e. The van der Waals surface area contributed by atoms with Gasteiger partial charge in [-0.05, 0) is 71.9 Å². The summed E-state index contributed by atoms with van der Waals surface area (Å²) < 4.78 is 0. The van der Waals surface area contributed by atoms with Crippen molar-refractivity contribution in [3.63, 3.8) is 0 Å². The van der Waals surface area contributed by atoms with Crippen LogP contribution in [0.25, 0.3) is 0 Å². The molecule has 8 bridgehead atoms. The minimum absolute atomic E-state index is 1.12. The summed E-state index contributed by atoms with van der Waals surface area (Å²) in [5, 5.41) is 0. The van der Waals surface area contributed by atoms with Crippen LogP contribution < -0.4 is 0 Å². The third kappa shape index (κ3) is 3.54. The molecule has 0 unspecified atom stereocenters. The van der Waals surface area contributed by atoms with Gasteiger partial charge in [0.1, 0.15) is 0 Å². The highest BCUT2D eigenvalue weighted by atomic mass is 14.2. The van der Waals surface area contributed by atoms with E-state index in [1.165, 1.54) is 27.8 Å². The van der Waals surface area contributed by atoms with Gasteiger partial charge < -0.3 is 0 Å². The van der Waals surface area contributed by atoms with Crippen molar-refractivity contribution in [1.82, 2.24) is 0 Å². The lowest BCUT2D eigenvalue weighted by molar-refractivity contribution is 0.823. The maximum Gasteiger partial charge on any atom is 0.0772 e. The Morgan fingerprint density at radius 3 is 1.59 bits per heavy atom. The third-order valence-electron chi connectivity index (χ3n) is 6.36. The number of aryl methyl sites for hydroxylation is 6. The molecule has 0 aromatic heterocycles. The van der Waals surface area contributed by atoms with Crippen molar-refractivity contribution in [2.24, 2.45) is 0 Å². The number of fused-ring (bicyclic) bond motifs is 10. The fourth-order valence-electron chi connectivity index (χ4n) is 4.91. The Morgan fingerprint density at radius 2 is 1.07 bits per heavy atom. The molecule has 0 radical (unpaired) electrons. The second kappa shape index (κ2) is 6.93. The molecule has 0 aliphatic heterocycles. The van der Waals surface area contributed by atoms with Crippen molar-refractivity contribution in [3.8, 4) is 0 Å². The first-order valence-electron chi connectivity index (χ1n) is 10.4. The first kappa shape index (κ1) is 16.7. The summed E-state index contributed by atoms with van der Waals surface area (Å²) in [6, 6.07) is 14.4. The maximum atomic E-state index is 4.21. The molecule has 0 amide bonds. The smallest absolute Gasteiger partial charge is 0.0647 e. The van der Waals surface area contributed by atoms with Crippen molar-refractivity contribution < 1.29 is 0 Å². The van der Waals surface area contributed by atoms with E-state index in [0.29, 0.717) is 0 Å². The van der Waals surface area contributed by atoms with Crippen LogP contribution in [-0.4, -0.2) is 0 Å². The van der Waals surface area contributed by atoms with Gasteiger partial charge in [-0.25, -0.2) is 0 Å². The first-order chi connectivity index (χ1) is 13.2. The van der Waals surface area contributed by atoms with Crippen molar-refractivity contribution in [3.05, 3.63) is 112 Å². The molecule has 134 valence electrons. The van der Waals surface area contributed by atoms with Crippen molar-refractivity contribution in [1.29, 1.82) is 0 Å². The molecule has 2 aromatic rings. The van der Waals surface area contributed by atoms with E-state index >= 15 is 0 Å². The normalized spacial score (nSPS) is 18.7. The van der Waals surface area contributed by atoms with Gasteiger partial charge in [-0.1, -0.05) is 43.0 Å². The van der Waals surface area contributed by atoms with E-state index in [9.17, 15) is 0 Å². The van der Waals surface area contributed by atoms with Gasteiger partial charge in [-0.15, -0.1) is 0 Å². The summed E-state index contributed by atoms with van der Waals surface area (Å²) in [6.07, 6.45) is 16.1. The van der Waals surface area contributed by atoms with Crippen LogP contribution in [0.4, 0.5) is 0 Å². The molecule has 0 saturated heterocycles. The SMILES string of the molecule is C=C1C=C2[CH+]C(=C1)CCc1cc(c3cc1CCc1cccc(c1)CC3)CC2. The maximum absolute atomic E-state index is 4.21. The molecular weight excluding hydrogens is 324 g/mol. The van der Waals surface area contributed by atoms with Gasteiger partial charge in [-0.3, -0.25) is 0 Å². The van der Waals surface area contributed by atoms with Gasteiger partial charge >= 0.3 is 0 Å². The van der Waals surface area contributed by atoms with Gasteiger partial charge in [-0.2, -0.15) is 0 Å². The summed E-state index contributed by atoms with van der Waals surface area (Å²) in [5.74, 6) is 0. The molecule has 0 saturated carbocycles. The van der Waals surface area contributed by atoms with Gasteiger partial charge in [0.2, 0.25) is 0 Å². The van der Waals surface area contributed by atoms with Crippen LogP contribution in [0.2, 0.25) is 0 Å². The monoisotopic (exact) mass is 351 g/mol. The zero-order chi connectivity index (χ0) is 18.2. The van der Waals surface area contributed by atoms with E-state index in [-0.39, 0.29) is 0 Å². The van der Waals surface area contributed by atoms with Crippen LogP contribution in [0.3, 0.4) is 0 Å². The number of allylic oxidation sites excluding steroid dienone is 5. The quantitative estimate of drug-likeness (QED) is 0.505. The Kier molecular flexibility index (Phi) is 4.28. The fraction of sp³-hybridized carbons (Fsp3) is 0.296. The van der Waals surface area contributed by atoms with Crippen molar-refractivity contribution in [2.45, 2.75) is 51.4 Å². The molecule has 27 heavy (non-hydrogen) atoms. The van der Waals surface area contributed by atoms with Crippen molar-refractivity contribution >= 4 is 0 Å². The summed E-state index contributed by atoms with van der Waals surface area (Å²) in [7, 11) is 0. The molecule has 5 rings (SSSR count). The third-order valence-corrected chi connectivity index (χ3v) is 6.36. The average Bonchev–Trinajstić information content (AvgIpc) is 2.67. The molecule has 0 fully saturated rings. The minimum atomic E-state index is 1.12. The molecule has 0 atom stereocenters. The molecule has 3 aliphatic rings. The number of hydrogen-bond acceptors (Lipinski definition) is 0. The van der Waals surface area contributed by atoms with Gasteiger partial charge in [0.25, 0.3) is 0 Å². The predicted molar refractivity (Wildman–Crippen MR) is 114 cm³/mol. The van der Waals surface area contributed by atoms with Crippen LogP contribution >= 0.6 is 0 Å². The van der Waals surface area contributed by atoms with E-state index in [1.807, 2.05) is 0 Å². The lowest BCUT2D eigenvalue weighted by Gasteiger charge is -2.21. The minimum Gasteiger partial charge on any atom is -0.0647 e. The van der Waals surface area contributed by atoms with Crippen LogP contribution in [0.15, 0.2) is 71.8 Å². The summed E-state index contributed by atoms with van der Waals surface area (Å²) in [4.78, 5) is 0. The van der Waals surface area contributed by atoms with Gasteiger partial charge in [0.15, 0.2) is 0 Å². The van der Waals surface area contributed by atoms with Crippen LogP contribution in [0.1, 0.15) is 46.2 Å². The Balaban J connectivity index is 1.54. The zero-order valence-electron chi connectivity index (χ0n) is 16.1. The molecule has 0 spiro atoms. The summed E-state index contributed by atoms with van der Waals surface area (Å²) in [6.45, 7) is 4.21. The molecule has 2 aromatic carbocycles. The number of hydrogen-bond donors (Lipinski definition) is 0. The standard InChI is InChI=1S/C27H27/c1-19-13-22-7-11-26-18-27(12-8-23(14-19)16-22)25-10-6-21-4-2-3-20(15-21)5-9-24(26)17-25/h2-4,13-18H,1,5-12H2/q+1. The van der Waals surface area contributed by atoms with Crippen LogP contribution in [-0.2, 0) is 38.5 Å². The Labute approximate surface area is 163 Å². The topological polar surface area (TPSA) is 0 Å². The van der Waals surface area contributed by atoms with E-state index in [1.54, 1.807) is 22.3 Å². The number of benzene rings is 2. The Hall–Kier alpha value is -2.47. The number of rotatable bonds is 0. The first-order valence-corrected chi connectivity index (χ1v) is 10.4. The van der Waals surface area contributed by atoms with E-state index < -0.39 is 0 Å². The molecule has 3 aliphatic carbocycles. The van der Waals surface area contributed by atoms with Crippen LogP contribution in [0, 0.1) is 6.42 Å². The highest BCUT2D eigenvalue weighted by Gasteiger charge is 2.21. The van der Waals surface area contributed by atoms with E-state index in [4.69, 9.17) is 0 Å². The fourth-order valence-corrected chi connectivity index (χ4v) is 4.91. The van der Waals surface area contributed by atoms with Crippen molar-refractivity contribution in [2.75, 3.05) is 0 Å². The zero-order valence-corrected chi connectivity index (χ0v) is 16.1. The highest BCUT2D eigenvalue weighted by Crippen LogP contribution is 2.32. The highest BCUT2D eigenvalue weighted by molar-refractivity contribution is 5.49. The second-order valence-corrected chi connectivity index (χ2v) is 8.37. The Morgan fingerprint density at radius 1 is 0.593 bits per heavy atom. The van der Waals surface area contributed by atoms with Gasteiger partial charge in [0, 0.05) is 31.4 Å². The molecule has 0 nitrogen and oxygen atoms in total. The summed E-state index contributed by atoms with van der Waals surface area (Å²) in [5.41, 5.74) is 13.3. The molecular formula is C27H27+.